The molecular weight excluding hydrogens is 314 g/mol. The molecule has 1 saturated carbocycles. The molecule has 2 N–H and O–H groups in total. The molecule has 0 bridgehead atoms. The fraction of sp³-hybridized carbons (Fsp3) is 0.529. The smallest absolute Gasteiger partial charge is 0.212 e. The van der Waals surface area contributed by atoms with E-state index in [1.54, 1.807) is 12.2 Å². The number of aliphatic hydroxyl groups is 1. The average Bonchev–Trinajstić information content (AvgIpc) is 3.34. The summed E-state index contributed by atoms with van der Waals surface area (Å²) >= 11 is 0. The molecule has 23 heavy (non-hydrogen) atoms. The lowest BCUT2D eigenvalue weighted by atomic mass is 10.1. The Morgan fingerprint density at radius 2 is 2.17 bits per heavy atom. The maximum atomic E-state index is 12.0. The van der Waals surface area contributed by atoms with Gasteiger partial charge in [-0.25, -0.2) is 13.1 Å². The van der Waals surface area contributed by atoms with Crippen LogP contribution in [0.25, 0.3) is 0 Å². The van der Waals surface area contributed by atoms with Crippen molar-refractivity contribution in [1.82, 2.24) is 4.72 Å². The summed E-state index contributed by atoms with van der Waals surface area (Å²) in [7, 11) is -3.36. The van der Waals surface area contributed by atoms with Gasteiger partial charge in [0.05, 0.1) is 19.0 Å². The lowest BCUT2D eigenvalue weighted by Gasteiger charge is -2.15. The number of rotatable bonds is 10. The minimum atomic E-state index is -3.36. The van der Waals surface area contributed by atoms with E-state index in [9.17, 15) is 8.42 Å². The molecule has 0 unspecified atom stereocenters. The molecule has 128 valence electrons. The van der Waals surface area contributed by atoms with E-state index in [1.165, 1.54) is 12.8 Å². The number of sulfonamides is 1. The first-order chi connectivity index (χ1) is 11.0. The third kappa shape index (κ3) is 6.72. The second-order valence-electron chi connectivity index (χ2n) is 5.93. The van der Waals surface area contributed by atoms with Crippen molar-refractivity contribution < 1.29 is 18.3 Å². The predicted octanol–water partition coefficient (Wildman–Crippen LogP) is 2.39. The fourth-order valence-electron chi connectivity index (χ4n) is 2.18. The van der Waals surface area contributed by atoms with Crippen molar-refractivity contribution in [2.45, 2.75) is 32.2 Å². The monoisotopic (exact) mass is 339 g/mol. The number of benzene rings is 1. The van der Waals surface area contributed by atoms with Crippen LogP contribution in [0, 0.1) is 5.92 Å². The van der Waals surface area contributed by atoms with Gasteiger partial charge in [-0.05, 0) is 49.8 Å². The average molecular weight is 339 g/mol. The van der Waals surface area contributed by atoms with Crippen molar-refractivity contribution in [3.63, 3.8) is 0 Å². The molecule has 0 amide bonds. The van der Waals surface area contributed by atoms with Gasteiger partial charge < -0.3 is 9.84 Å². The minimum Gasteiger partial charge on any atom is -0.493 e. The Balaban J connectivity index is 1.89. The Morgan fingerprint density at radius 3 is 2.87 bits per heavy atom. The molecule has 0 spiro atoms. The van der Waals surface area contributed by atoms with E-state index in [2.05, 4.69) is 4.72 Å². The molecular formula is C17H25NO4S. The van der Waals surface area contributed by atoms with E-state index >= 15 is 0 Å². The number of hydrogen-bond acceptors (Lipinski definition) is 4. The van der Waals surface area contributed by atoms with E-state index in [0.29, 0.717) is 12.3 Å². The van der Waals surface area contributed by atoms with Crippen LogP contribution >= 0.6 is 0 Å². The second kappa shape index (κ2) is 8.47. The van der Waals surface area contributed by atoms with Gasteiger partial charge in [0, 0.05) is 6.04 Å². The van der Waals surface area contributed by atoms with Crippen LogP contribution in [-0.4, -0.2) is 32.5 Å². The van der Waals surface area contributed by atoms with E-state index in [-0.39, 0.29) is 18.4 Å². The van der Waals surface area contributed by atoms with Gasteiger partial charge in [0.2, 0.25) is 10.0 Å². The molecule has 0 heterocycles. The zero-order chi connectivity index (χ0) is 16.7. The summed E-state index contributed by atoms with van der Waals surface area (Å²) in [6.45, 7) is 2.49. The van der Waals surface area contributed by atoms with Gasteiger partial charge in [0.1, 0.15) is 5.75 Å². The first-order valence-electron chi connectivity index (χ1n) is 7.99. The van der Waals surface area contributed by atoms with Crippen LogP contribution in [0.15, 0.2) is 36.4 Å². The SMILES string of the molecule is C[C@@H](NS(=O)(=O)CC/C=C/CO)c1cccc(OCC2CC2)c1. The summed E-state index contributed by atoms with van der Waals surface area (Å²) in [5.74, 6) is 1.47. The van der Waals surface area contributed by atoms with E-state index in [1.807, 2.05) is 31.2 Å². The van der Waals surface area contributed by atoms with Crippen LogP contribution in [0.3, 0.4) is 0 Å². The standard InChI is InChI=1S/C17H25NO4S/c1-14(18-23(20,21)11-4-2-3-10-19)16-6-5-7-17(12-16)22-13-15-8-9-15/h2-3,5-7,12,14-15,18-19H,4,8-11,13H2,1H3/b3-2+/t14-/m1/s1. The van der Waals surface area contributed by atoms with Crippen LogP contribution in [-0.2, 0) is 10.0 Å². The molecule has 0 aromatic heterocycles. The molecule has 6 heteroatoms. The lowest BCUT2D eigenvalue weighted by molar-refractivity contribution is 0.299. The zero-order valence-corrected chi connectivity index (χ0v) is 14.3. The van der Waals surface area contributed by atoms with Gasteiger partial charge in [-0.15, -0.1) is 0 Å². The summed E-state index contributed by atoms with van der Waals surface area (Å²) in [5, 5.41) is 8.63. The Bertz CT molecular complexity index is 623. The number of nitrogens with one attached hydrogen (secondary N) is 1. The Kier molecular flexibility index (Phi) is 6.62. The fourth-order valence-corrected chi connectivity index (χ4v) is 3.42. The van der Waals surface area contributed by atoms with Gasteiger partial charge in [-0.2, -0.15) is 0 Å². The van der Waals surface area contributed by atoms with Gasteiger partial charge in [-0.1, -0.05) is 24.3 Å². The molecule has 1 fully saturated rings. The second-order valence-corrected chi connectivity index (χ2v) is 7.80. The quantitative estimate of drug-likeness (QED) is 0.642. The summed E-state index contributed by atoms with van der Waals surface area (Å²) < 4.78 is 32.5. The highest BCUT2D eigenvalue weighted by Crippen LogP contribution is 2.30. The highest BCUT2D eigenvalue weighted by atomic mass is 32.2. The summed E-state index contributed by atoms with van der Waals surface area (Å²) in [6.07, 6.45) is 6.06. The molecule has 1 atom stereocenters. The number of ether oxygens (including phenoxy) is 1. The third-order valence-corrected chi connectivity index (χ3v) is 5.21. The summed E-state index contributed by atoms with van der Waals surface area (Å²) in [6, 6.07) is 7.25. The van der Waals surface area contributed by atoms with Gasteiger partial charge in [0.25, 0.3) is 0 Å². The third-order valence-electron chi connectivity index (χ3n) is 3.72. The van der Waals surface area contributed by atoms with Gasteiger partial charge in [-0.3, -0.25) is 0 Å². The van der Waals surface area contributed by atoms with Crippen molar-refractivity contribution in [1.29, 1.82) is 0 Å². The highest BCUT2D eigenvalue weighted by Gasteiger charge is 2.22. The van der Waals surface area contributed by atoms with E-state index < -0.39 is 10.0 Å². The lowest BCUT2D eigenvalue weighted by Crippen LogP contribution is -2.29. The minimum absolute atomic E-state index is 0.00567. The summed E-state index contributed by atoms with van der Waals surface area (Å²) in [4.78, 5) is 0. The van der Waals surface area contributed by atoms with Gasteiger partial charge in [0.15, 0.2) is 0 Å². The number of hydrogen-bond donors (Lipinski definition) is 2. The first-order valence-corrected chi connectivity index (χ1v) is 9.64. The van der Waals surface area contributed by atoms with Crippen LogP contribution in [0.2, 0.25) is 0 Å². The maximum absolute atomic E-state index is 12.0. The van der Waals surface area contributed by atoms with Crippen molar-refractivity contribution in [2.24, 2.45) is 5.92 Å². The molecule has 1 aliphatic carbocycles. The van der Waals surface area contributed by atoms with Gasteiger partial charge >= 0.3 is 0 Å². The molecule has 2 rings (SSSR count). The summed E-state index contributed by atoms with van der Waals surface area (Å²) in [5.41, 5.74) is 0.882. The van der Waals surface area contributed by atoms with E-state index in [0.717, 1.165) is 17.9 Å². The number of aliphatic hydroxyl groups excluding tert-OH is 1. The molecule has 0 aliphatic heterocycles. The number of allylic oxidation sites excluding steroid dienone is 1. The molecule has 0 saturated heterocycles. The highest BCUT2D eigenvalue weighted by molar-refractivity contribution is 7.89. The van der Waals surface area contributed by atoms with E-state index in [4.69, 9.17) is 9.84 Å². The molecule has 1 aliphatic rings. The van der Waals surface area contributed by atoms with Crippen molar-refractivity contribution in [3.8, 4) is 5.75 Å². The van der Waals surface area contributed by atoms with Crippen molar-refractivity contribution in [2.75, 3.05) is 19.0 Å². The molecule has 1 aromatic carbocycles. The Hall–Kier alpha value is -1.37. The van der Waals surface area contributed by atoms with Crippen LogP contribution in [0.1, 0.15) is 37.8 Å². The molecule has 1 aromatic rings. The Labute approximate surface area is 138 Å². The maximum Gasteiger partial charge on any atom is 0.212 e. The first kappa shape index (κ1) is 18.0. The van der Waals surface area contributed by atoms with Crippen LogP contribution < -0.4 is 9.46 Å². The molecule has 0 radical (unpaired) electrons. The molecule has 5 nitrogen and oxygen atoms in total. The zero-order valence-electron chi connectivity index (χ0n) is 13.4. The van der Waals surface area contributed by atoms with Crippen LogP contribution in [0.4, 0.5) is 0 Å². The predicted molar refractivity (Wildman–Crippen MR) is 90.8 cm³/mol. The van der Waals surface area contributed by atoms with Crippen molar-refractivity contribution >= 4 is 10.0 Å². The normalized spacial score (nSPS) is 16.6. The van der Waals surface area contributed by atoms with Crippen molar-refractivity contribution in [3.05, 3.63) is 42.0 Å². The van der Waals surface area contributed by atoms with Crippen LogP contribution in [0.5, 0.6) is 5.75 Å². The Morgan fingerprint density at radius 1 is 1.39 bits per heavy atom. The topological polar surface area (TPSA) is 75.6 Å². The largest absolute Gasteiger partial charge is 0.493 e.